The molecule has 6 nitrogen and oxygen atoms in total. The zero-order valence-corrected chi connectivity index (χ0v) is 21.7. The Labute approximate surface area is 218 Å². The fourth-order valence-corrected chi connectivity index (χ4v) is 4.87. The molecule has 1 aliphatic rings. The molecule has 182 valence electrons. The van der Waals surface area contributed by atoms with Crippen LogP contribution in [0.2, 0.25) is 10.0 Å². The van der Waals surface area contributed by atoms with Gasteiger partial charge in [0.2, 0.25) is 0 Å². The van der Waals surface area contributed by atoms with Crippen LogP contribution in [0.4, 0.5) is 5.69 Å². The molecule has 9 heteroatoms. The van der Waals surface area contributed by atoms with E-state index in [4.69, 9.17) is 37.4 Å². The number of hydrogen-bond donors (Lipinski definition) is 2. The van der Waals surface area contributed by atoms with Crippen molar-refractivity contribution in [1.82, 2.24) is 5.32 Å². The molecule has 1 atom stereocenters. The van der Waals surface area contributed by atoms with Gasteiger partial charge in [-0.05, 0) is 66.1 Å². The number of amides is 1. The Morgan fingerprint density at radius 3 is 2.49 bits per heavy atom. The SMILES string of the molecule is COc1ccc(C)cc1NC1NC(=O)/C(=C/c2cc(Cl)c(OCc3ccc(Cl)cc3)c(OC)c2)S1. The number of aryl methyl sites for hydroxylation is 1. The third-order valence-electron chi connectivity index (χ3n) is 5.22. The van der Waals surface area contributed by atoms with Crippen LogP contribution in [0.5, 0.6) is 17.2 Å². The van der Waals surface area contributed by atoms with Gasteiger partial charge in [0.05, 0.1) is 29.8 Å². The number of hydrogen-bond acceptors (Lipinski definition) is 6. The number of carbonyl (C=O) groups excluding carboxylic acids is 1. The Kier molecular flexibility index (Phi) is 8.00. The predicted molar refractivity (Wildman–Crippen MR) is 143 cm³/mol. The molecule has 1 unspecified atom stereocenters. The van der Waals surface area contributed by atoms with E-state index in [1.54, 1.807) is 44.6 Å². The van der Waals surface area contributed by atoms with E-state index in [9.17, 15) is 4.79 Å². The standard InChI is InChI=1S/C26H24Cl2N2O4S/c1-15-4-9-21(32-2)20(10-15)29-26-30-25(31)23(35-26)13-17-11-19(28)24(22(12-17)33-3)34-14-16-5-7-18(27)8-6-16/h4-13,26,29H,14H2,1-3H3,(H,30,31)/b23-13-. The average molecular weight is 531 g/mol. The van der Waals surface area contributed by atoms with E-state index >= 15 is 0 Å². The third kappa shape index (κ3) is 6.17. The number of rotatable bonds is 8. The zero-order valence-electron chi connectivity index (χ0n) is 19.4. The van der Waals surface area contributed by atoms with Crippen LogP contribution >= 0.6 is 35.0 Å². The Morgan fingerprint density at radius 1 is 1.03 bits per heavy atom. The number of carbonyl (C=O) groups is 1. The molecular weight excluding hydrogens is 507 g/mol. The van der Waals surface area contributed by atoms with Gasteiger partial charge in [0.25, 0.3) is 5.91 Å². The first-order valence-corrected chi connectivity index (χ1v) is 12.3. The number of methoxy groups -OCH3 is 2. The number of anilines is 1. The summed E-state index contributed by atoms with van der Waals surface area (Å²) in [5, 5.41) is 7.28. The van der Waals surface area contributed by atoms with E-state index in [0.29, 0.717) is 38.8 Å². The highest BCUT2D eigenvalue weighted by Crippen LogP contribution is 2.39. The molecule has 1 aliphatic heterocycles. The zero-order chi connectivity index (χ0) is 24.9. The maximum Gasteiger partial charge on any atom is 0.260 e. The number of thioether (sulfide) groups is 1. The van der Waals surface area contributed by atoms with Crippen molar-refractivity contribution < 1.29 is 19.0 Å². The van der Waals surface area contributed by atoms with Gasteiger partial charge in [0.1, 0.15) is 12.4 Å². The molecule has 1 fully saturated rings. The molecule has 4 rings (SSSR count). The summed E-state index contributed by atoms with van der Waals surface area (Å²) in [5.41, 5.74) is 3.21. The highest BCUT2D eigenvalue weighted by Gasteiger charge is 2.28. The Balaban J connectivity index is 1.49. The number of ether oxygens (including phenoxy) is 3. The van der Waals surface area contributed by atoms with Crippen LogP contribution in [0.3, 0.4) is 0 Å². The lowest BCUT2D eigenvalue weighted by atomic mass is 10.1. The summed E-state index contributed by atoms with van der Waals surface area (Å²) < 4.78 is 16.8. The van der Waals surface area contributed by atoms with Gasteiger partial charge in [0.15, 0.2) is 17.0 Å². The van der Waals surface area contributed by atoms with Crippen molar-refractivity contribution in [1.29, 1.82) is 0 Å². The first-order valence-electron chi connectivity index (χ1n) is 10.7. The summed E-state index contributed by atoms with van der Waals surface area (Å²) in [4.78, 5) is 13.2. The van der Waals surface area contributed by atoms with Gasteiger partial charge in [-0.2, -0.15) is 0 Å². The van der Waals surface area contributed by atoms with Gasteiger partial charge < -0.3 is 24.8 Å². The largest absolute Gasteiger partial charge is 0.495 e. The summed E-state index contributed by atoms with van der Waals surface area (Å²) in [5.74, 6) is 1.42. The molecule has 35 heavy (non-hydrogen) atoms. The Bertz CT molecular complexity index is 1260. The lowest BCUT2D eigenvalue weighted by Crippen LogP contribution is -2.31. The normalized spacial score (nSPS) is 16.2. The van der Waals surface area contributed by atoms with E-state index in [0.717, 1.165) is 22.4 Å². The maximum atomic E-state index is 12.6. The van der Waals surface area contributed by atoms with E-state index in [-0.39, 0.29) is 11.4 Å². The second-order valence-electron chi connectivity index (χ2n) is 7.78. The van der Waals surface area contributed by atoms with E-state index in [1.165, 1.54) is 11.8 Å². The molecule has 1 saturated heterocycles. The second-order valence-corrected chi connectivity index (χ2v) is 9.77. The smallest absolute Gasteiger partial charge is 0.260 e. The second kappa shape index (κ2) is 11.2. The van der Waals surface area contributed by atoms with Crippen molar-refractivity contribution in [3.05, 3.63) is 86.2 Å². The quantitative estimate of drug-likeness (QED) is 0.324. The molecular formula is C26H24Cl2N2O4S. The predicted octanol–water partition coefficient (Wildman–Crippen LogP) is 6.50. The summed E-state index contributed by atoms with van der Waals surface area (Å²) in [6.45, 7) is 2.30. The van der Waals surface area contributed by atoms with E-state index in [2.05, 4.69) is 10.6 Å². The van der Waals surface area contributed by atoms with Crippen LogP contribution < -0.4 is 24.8 Å². The lowest BCUT2D eigenvalue weighted by Gasteiger charge is -2.16. The minimum absolute atomic E-state index is 0.183. The molecule has 0 saturated carbocycles. The molecule has 3 aromatic carbocycles. The molecule has 3 aromatic rings. The third-order valence-corrected chi connectivity index (χ3v) is 6.78. The number of nitrogens with one attached hydrogen (secondary N) is 2. The molecule has 0 radical (unpaired) electrons. The van der Waals surface area contributed by atoms with Gasteiger partial charge in [-0.15, -0.1) is 0 Å². The highest BCUT2D eigenvalue weighted by molar-refractivity contribution is 8.05. The van der Waals surface area contributed by atoms with E-state index in [1.807, 2.05) is 37.3 Å². The number of benzene rings is 3. The van der Waals surface area contributed by atoms with Crippen LogP contribution in [0.1, 0.15) is 16.7 Å². The summed E-state index contributed by atoms with van der Waals surface area (Å²) in [6.07, 6.45) is 1.77. The maximum absolute atomic E-state index is 12.6. The van der Waals surface area contributed by atoms with Crippen molar-refractivity contribution in [3.8, 4) is 17.2 Å². The minimum atomic E-state index is -0.344. The Morgan fingerprint density at radius 2 is 1.77 bits per heavy atom. The lowest BCUT2D eigenvalue weighted by molar-refractivity contribution is -0.116. The van der Waals surface area contributed by atoms with Gasteiger partial charge in [-0.25, -0.2) is 0 Å². The van der Waals surface area contributed by atoms with Gasteiger partial charge >= 0.3 is 0 Å². The summed E-state index contributed by atoms with van der Waals surface area (Å²) in [7, 11) is 3.16. The molecule has 1 heterocycles. The number of halogens is 2. The minimum Gasteiger partial charge on any atom is -0.495 e. The topological polar surface area (TPSA) is 68.8 Å². The summed E-state index contributed by atoms with van der Waals surface area (Å²) >= 11 is 13.8. The first-order chi connectivity index (χ1) is 16.9. The molecule has 0 bridgehead atoms. The van der Waals surface area contributed by atoms with Crippen molar-refractivity contribution >= 4 is 52.6 Å². The molecule has 0 spiro atoms. The molecule has 1 amide bonds. The van der Waals surface area contributed by atoms with Crippen LogP contribution in [-0.4, -0.2) is 25.6 Å². The molecule has 0 aromatic heterocycles. The van der Waals surface area contributed by atoms with Crippen LogP contribution in [0.25, 0.3) is 6.08 Å². The van der Waals surface area contributed by atoms with Crippen molar-refractivity contribution in [2.75, 3.05) is 19.5 Å². The first kappa shape index (κ1) is 25.1. The summed E-state index contributed by atoms with van der Waals surface area (Å²) in [6, 6.07) is 16.7. The van der Waals surface area contributed by atoms with Crippen molar-refractivity contribution in [2.24, 2.45) is 0 Å². The molecule has 2 N–H and O–H groups in total. The van der Waals surface area contributed by atoms with Crippen LogP contribution in [-0.2, 0) is 11.4 Å². The fourth-order valence-electron chi connectivity index (χ4n) is 3.49. The van der Waals surface area contributed by atoms with Crippen molar-refractivity contribution in [2.45, 2.75) is 19.0 Å². The van der Waals surface area contributed by atoms with Crippen LogP contribution in [0.15, 0.2) is 59.5 Å². The van der Waals surface area contributed by atoms with Crippen LogP contribution in [0, 0.1) is 6.92 Å². The average Bonchev–Trinajstić information content (AvgIpc) is 3.17. The highest BCUT2D eigenvalue weighted by atomic mass is 35.5. The van der Waals surface area contributed by atoms with Gasteiger partial charge in [-0.3, -0.25) is 4.79 Å². The van der Waals surface area contributed by atoms with Crippen molar-refractivity contribution in [3.63, 3.8) is 0 Å². The Hall–Kier alpha value is -3.00. The fraction of sp³-hybridized carbons (Fsp3) is 0.192. The monoisotopic (exact) mass is 530 g/mol. The van der Waals surface area contributed by atoms with Gasteiger partial charge in [0, 0.05) is 5.02 Å². The molecule has 0 aliphatic carbocycles. The van der Waals surface area contributed by atoms with Gasteiger partial charge in [-0.1, -0.05) is 53.2 Å². The van der Waals surface area contributed by atoms with E-state index < -0.39 is 0 Å².